The fraction of sp³-hybridized carbons (Fsp3) is 0.0588. The van der Waals surface area contributed by atoms with Crippen LogP contribution >= 0.6 is 0 Å². The van der Waals surface area contributed by atoms with E-state index in [0.29, 0.717) is 15.9 Å². The van der Waals surface area contributed by atoms with Crippen LogP contribution in [0, 0.1) is 27.9 Å². The summed E-state index contributed by atoms with van der Waals surface area (Å²) in [5, 5.41) is 33.3. The van der Waals surface area contributed by atoms with Crippen molar-refractivity contribution in [3.63, 3.8) is 0 Å². The first-order valence-corrected chi connectivity index (χ1v) is 6.84. The van der Waals surface area contributed by atoms with Gasteiger partial charge in [-0.15, -0.1) is 4.68 Å². The average molecular weight is 301 g/mol. The Bertz CT molecular complexity index is 840. The molecule has 3 rings (SSSR count). The summed E-state index contributed by atoms with van der Waals surface area (Å²) in [6, 6.07) is 18.1. The lowest BCUT2D eigenvalue weighted by atomic mass is 9.97. The van der Waals surface area contributed by atoms with Gasteiger partial charge in [0.25, 0.3) is 6.33 Å². The molecule has 0 aliphatic heterocycles. The van der Waals surface area contributed by atoms with Gasteiger partial charge in [0.1, 0.15) is 0 Å². The van der Waals surface area contributed by atoms with E-state index in [4.69, 9.17) is 10.5 Å². The van der Waals surface area contributed by atoms with Gasteiger partial charge in [0.2, 0.25) is 6.33 Å². The van der Waals surface area contributed by atoms with Gasteiger partial charge >= 0.3 is 0 Å². The molecule has 0 N–H and O–H groups in total. The number of hydrogen-bond acceptors (Lipinski definition) is 4. The van der Waals surface area contributed by atoms with Crippen molar-refractivity contribution < 1.29 is 4.73 Å². The summed E-state index contributed by atoms with van der Waals surface area (Å²) < 4.78 is 2.18. The van der Waals surface area contributed by atoms with E-state index in [1.54, 1.807) is 28.9 Å². The summed E-state index contributed by atoms with van der Waals surface area (Å²) in [5.74, 6) is 0. The number of hydrogen-bond donors (Lipinski definition) is 0. The molecule has 1 heterocycles. The fourth-order valence-electron chi connectivity index (χ4n) is 2.40. The standard InChI is InChI=1S/C17H11N5O/c18-9-13-1-5-15(6-2-13)17(22-12-21(23)11-20-22)16-7-3-14(10-19)4-8-16/h1-8,11-12,17H. The van der Waals surface area contributed by atoms with Gasteiger partial charge < -0.3 is 5.21 Å². The highest BCUT2D eigenvalue weighted by molar-refractivity contribution is 5.40. The average Bonchev–Trinajstić information content (AvgIpc) is 3.02. The zero-order valence-electron chi connectivity index (χ0n) is 12.0. The molecule has 0 radical (unpaired) electrons. The molecule has 0 saturated heterocycles. The Hall–Kier alpha value is -3.64. The molecule has 1 aromatic heterocycles. The van der Waals surface area contributed by atoms with Crippen LogP contribution in [0.3, 0.4) is 0 Å². The predicted molar refractivity (Wildman–Crippen MR) is 80.7 cm³/mol. The largest absolute Gasteiger partial charge is 0.740 e. The summed E-state index contributed by atoms with van der Waals surface area (Å²) in [5.41, 5.74) is 2.90. The lowest BCUT2D eigenvalue weighted by Gasteiger charge is -2.13. The van der Waals surface area contributed by atoms with E-state index in [1.807, 2.05) is 24.3 Å². The Labute approximate surface area is 132 Å². The Balaban J connectivity index is 2.09. The van der Waals surface area contributed by atoms with Crippen LogP contribution in [0.2, 0.25) is 0 Å². The molecule has 0 spiro atoms. The Morgan fingerprint density at radius 3 is 1.74 bits per heavy atom. The van der Waals surface area contributed by atoms with Crippen molar-refractivity contribution in [1.82, 2.24) is 9.78 Å². The smallest absolute Gasteiger partial charge is 0.265 e. The number of nitriles is 2. The Morgan fingerprint density at radius 2 is 1.39 bits per heavy atom. The molecule has 0 fully saturated rings. The monoisotopic (exact) mass is 301 g/mol. The zero-order chi connectivity index (χ0) is 16.2. The maximum absolute atomic E-state index is 11.4. The number of nitrogens with zero attached hydrogens (tertiary/aromatic N) is 5. The van der Waals surface area contributed by atoms with Crippen LogP contribution in [-0.4, -0.2) is 9.78 Å². The van der Waals surface area contributed by atoms with Crippen molar-refractivity contribution in [2.24, 2.45) is 0 Å². The van der Waals surface area contributed by atoms with Crippen LogP contribution < -0.4 is 4.73 Å². The molecule has 0 atom stereocenters. The first-order chi connectivity index (χ1) is 11.2. The van der Waals surface area contributed by atoms with Crippen LogP contribution in [0.5, 0.6) is 0 Å². The lowest BCUT2D eigenvalue weighted by molar-refractivity contribution is -0.606. The SMILES string of the molecule is N#Cc1ccc(C(c2ccc(C#N)cc2)n2c[n+]([O-])cn2)cc1. The molecular weight excluding hydrogens is 290 g/mol. The third-order valence-corrected chi connectivity index (χ3v) is 3.51. The van der Waals surface area contributed by atoms with Crippen LogP contribution in [0.1, 0.15) is 28.3 Å². The van der Waals surface area contributed by atoms with E-state index in [1.165, 1.54) is 12.7 Å². The lowest BCUT2D eigenvalue weighted by Crippen LogP contribution is -2.22. The number of benzene rings is 2. The van der Waals surface area contributed by atoms with E-state index < -0.39 is 0 Å². The molecular formula is C17H11N5O. The normalized spacial score (nSPS) is 10.2. The summed E-state index contributed by atoms with van der Waals surface area (Å²) >= 11 is 0. The molecule has 23 heavy (non-hydrogen) atoms. The summed E-state index contributed by atoms with van der Waals surface area (Å²) in [7, 11) is 0. The van der Waals surface area contributed by atoms with Crippen molar-refractivity contribution >= 4 is 0 Å². The van der Waals surface area contributed by atoms with Crippen LogP contribution in [0.25, 0.3) is 0 Å². The molecule has 3 aromatic rings. The highest BCUT2D eigenvalue weighted by Crippen LogP contribution is 2.26. The minimum absolute atomic E-state index is 0.314. The maximum Gasteiger partial charge on any atom is 0.265 e. The fourth-order valence-corrected chi connectivity index (χ4v) is 2.40. The Kier molecular flexibility index (Phi) is 3.73. The molecule has 6 heteroatoms. The molecule has 0 amide bonds. The maximum atomic E-state index is 11.4. The predicted octanol–water partition coefficient (Wildman–Crippen LogP) is 1.90. The number of aromatic nitrogens is 3. The van der Waals surface area contributed by atoms with Crippen molar-refractivity contribution in [2.45, 2.75) is 6.04 Å². The molecule has 0 bridgehead atoms. The van der Waals surface area contributed by atoms with Crippen molar-refractivity contribution in [1.29, 1.82) is 10.5 Å². The second-order valence-corrected chi connectivity index (χ2v) is 4.96. The van der Waals surface area contributed by atoms with E-state index in [2.05, 4.69) is 17.2 Å². The molecule has 0 aliphatic carbocycles. The van der Waals surface area contributed by atoms with E-state index in [0.717, 1.165) is 11.1 Å². The molecule has 0 unspecified atom stereocenters. The molecule has 6 nitrogen and oxygen atoms in total. The van der Waals surface area contributed by atoms with Gasteiger partial charge in [0, 0.05) is 5.10 Å². The highest BCUT2D eigenvalue weighted by atomic mass is 16.5. The molecule has 110 valence electrons. The van der Waals surface area contributed by atoms with E-state index in [-0.39, 0.29) is 6.04 Å². The van der Waals surface area contributed by atoms with Crippen molar-refractivity contribution in [3.05, 3.63) is 88.6 Å². The summed E-state index contributed by atoms with van der Waals surface area (Å²) in [6.07, 6.45) is 2.53. The third kappa shape index (κ3) is 2.87. The van der Waals surface area contributed by atoms with Gasteiger partial charge in [-0.1, -0.05) is 24.3 Å². The van der Waals surface area contributed by atoms with Crippen molar-refractivity contribution in [2.75, 3.05) is 0 Å². The van der Waals surface area contributed by atoms with Crippen LogP contribution in [-0.2, 0) is 0 Å². The second-order valence-electron chi connectivity index (χ2n) is 4.96. The van der Waals surface area contributed by atoms with Gasteiger partial charge in [0.15, 0.2) is 6.04 Å². The second kappa shape index (κ2) is 6.00. The first kappa shape index (κ1) is 14.3. The minimum Gasteiger partial charge on any atom is -0.740 e. The zero-order valence-corrected chi connectivity index (χ0v) is 12.0. The minimum atomic E-state index is -0.314. The molecule has 0 saturated carbocycles. The first-order valence-electron chi connectivity index (χ1n) is 6.84. The van der Waals surface area contributed by atoms with E-state index >= 15 is 0 Å². The molecule has 2 aromatic carbocycles. The Morgan fingerprint density at radius 1 is 0.913 bits per heavy atom. The third-order valence-electron chi connectivity index (χ3n) is 3.51. The highest BCUT2D eigenvalue weighted by Gasteiger charge is 2.22. The number of rotatable bonds is 3. The van der Waals surface area contributed by atoms with Crippen molar-refractivity contribution in [3.8, 4) is 12.1 Å². The van der Waals surface area contributed by atoms with Gasteiger partial charge in [-0.05, 0) is 35.4 Å². The van der Waals surface area contributed by atoms with Gasteiger partial charge in [-0.25, -0.2) is 0 Å². The van der Waals surface area contributed by atoms with Gasteiger partial charge in [-0.2, -0.15) is 10.5 Å². The van der Waals surface area contributed by atoms with Gasteiger partial charge in [-0.3, -0.25) is 4.73 Å². The topological polar surface area (TPSA) is 92.3 Å². The van der Waals surface area contributed by atoms with Gasteiger partial charge in [0.05, 0.1) is 23.3 Å². The molecule has 0 aliphatic rings. The van der Waals surface area contributed by atoms with E-state index in [9.17, 15) is 5.21 Å². The van der Waals surface area contributed by atoms with Crippen LogP contribution in [0.4, 0.5) is 0 Å². The summed E-state index contributed by atoms with van der Waals surface area (Å²) in [6.45, 7) is 0. The van der Waals surface area contributed by atoms with Crippen LogP contribution in [0.15, 0.2) is 61.2 Å². The summed E-state index contributed by atoms with van der Waals surface area (Å²) in [4.78, 5) is 0. The quantitative estimate of drug-likeness (QED) is 0.545.